The molecule has 2 saturated heterocycles. The summed E-state index contributed by atoms with van der Waals surface area (Å²) in [6.45, 7) is 1.90. The maximum absolute atomic E-state index is 12.8. The average Bonchev–Trinajstić information content (AvgIpc) is 3.29. The molecule has 0 aliphatic carbocycles. The SMILES string of the molecule is CC(=O)O.CN(C)[C@@H]1CS(=O)(=O)[C@H]2CN(C(=O)c3ccc4[nH]ccc4c3)C[C@@H]12. The normalized spacial score (nSPS) is 25.4. The van der Waals surface area contributed by atoms with E-state index in [0.29, 0.717) is 18.7 Å². The van der Waals surface area contributed by atoms with E-state index >= 15 is 0 Å². The quantitative estimate of drug-likeness (QED) is 0.770. The highest BCUT2D eigenvalue weighted by Crippen LogP contribution is 2.36. The monoisotopic (exact) mass is 407 g/mol. The zero-order valence-electron chi connectivity index (χ0n) is 16.1. The minimum Gasteiger partial charge on any atom is -0.481 e. The van der Waals surface area contributed by atoms with E-state index < -0.39 is 21.1 Å². The fourth-order valence-electron chi connectivity index (χ4n) is 4.10. The predicted molar refractivity (Wildman–Crippen MR) is 106 cm³/mol. The summed E-state index contributed by atoms with van der Waals surface area (Å²) in [5.74, 6) is -0.711. The van der Waals surface area contributed by atoms with Crippen LogP contribution in [0.5, 0.6) is 0 Å². The van der Waals surface area contributed by atoms with Gasteiger partial charge in [-0.25, -0.2) is 8.42 Å². The Bertz CT molecular complexity index is 994. The third-order valence-corrected chi connectivity index (χ3v) is 7.65. The maximum atomic E-state index is 12.8. The molecule has 2 aliphatic heterocycles. The van der Waals surface area contributed by atoms with Gasteiger partial charge in [-0.1, -0.05) is 0 Å². The number of aliphatic carboxylic acids is 1. The van der Waals surface area contributed by atoms with Crippen LogP contribution in [0, 0.1) is 5.92 Å². The second-order valence-corrected chi connectivity index (χ2v) is 9.84. The molecule has 2 fully saturated rings. The smallest absolute Gasteiger partial charge is 0.300 e. The van der Waals surface area contributed by atoms with Crippen LogP contribution >= 0.6 is 0 Å². The molecule has 28 heavy (non-hydrogen) atoms. The first-order valence-corrected chi connectivity index (χ1v) is 10.8. The number of sulfone groups is 1. The summed E-state index contributed by atoms with van der Waals surface area (Å²) >= 11 is 0. The fourth-order valence-corrected chi connectivity index (χ4v) is 6.58. The first kappa shape index (κ1) is 20.3. The molecular weight excluding hydrogens is 382 g/mol. The van der Waals surface area contributed by atoms with Crippen molar-refractivity contribution in [3.8, 4) is 0 Å². The number of carboxylic acids is 1. The van der Waals surface area contributed by atoms with E-state index in [1.54, 1.807) is 11.0 Å². The number of nitrogens with one attached hydrogen (secondary N) is 1. The van der Waals surface area contributed by atoms with Crippen molar-refractivity contribution in [2.45, 2.75) is 18.2 Å². The number of rotatable bonds is 2. The van der Waals surface area contributed by atoms with Crippen LogP contribution in [0.25, 0.3) is 10.9 Å². The summed E-state index contributed by atoms with van der Waals surface area (Å²) in [5, 5.41) is 7.98. The van der Waals surface area contributed by atoms with Gasteiger partial charge in [0, 0.05) is 54.6 Å². The lowest BCUT2D eigenvalue weighted by Gasteiger charge is -2.25. The Kier molecular flexibility index (Phi) is 5.49. The number of aromatic amines is 1. The topological polar surface area (TPSA) is 111 Å². The number of likely N-dealkylation sites (tertiary alicyclic amines) is 1. The van der Waals surface area contributed by atoms with E-state index in [2.05, 4.69) is 4.98 Å². The lowest BCUT2D eigenvalue weighted by Crippen LogP contribution is -2.38. The molecule has 0 saturated carbocycles. The molecule has 1 aromatic heterocycles. The third kappa shape index (κ3) is 3.90. The Labute approximate surface area is 164 Å². The molecule has 0 radical (unpaired) electrons. The number of benzene rings is 1. The molecule has 3 atom stereocenters. The second-order valence-electron chi connectivity index (χ2n) is 7.57. The van der Waals surface area contributed by atoms with E-state index in [9.17, 15) is 13.2 Å². The van der Waals surface area contributed by atoms with Crippen LogP contribution in [0.4, 0.5) is 0 Å². The van der Waals surface area contributed by atoms with Crippen molar-refractivity contribution in [3.63, 3.8) is 0 Å². The Hall–Kier alpha value is -2.39. The van der Waals surface area contributed by atoms with Gasteiger partial charge >= 0.3 is 0 Å². The zero-order chi connectivity index (χ0) is 20.6. The van der Waals surface area contributed by atoms with Crippen LogP contribution in [0.2, 0.25) is 0 Å². The van der Waals surface area contributed by atoms with Crippen LogP contribution in [0.1, 0.15) is 17.3 Å². The van der Waals surface area contributed by atoms with Gasteiger partial charge in [-0.15, -0.1) is 0 Å². The lowest BCUT2D eigenvalue weighted by atomic mass is 10.00. The summed E-state index contributed by atoms with van der Waals surface area (Å²) < 4.78 is 24.9. The van der Waals surface area contributed by atoms with Gasteiger partial charge in [0.25, 0.3) is 11.9 Å². The van der Waals surface area contributed by atoms with Crippen molar-refractivity contribution < 1.29 is 23.1 Å². The molecule has 2 N–H and O–H groups in total. The van der Waals surface area contributed by atoms with Crippen molar-refractivity contribution in [1.29, 1.82) is 0 Å². The molecule has 1 amide bonds. The molecule has 152 valence electrons. The van der Waals surface area contributed by atoms with Crippen molar-refractivity contribution in [3.05, 3.63) is 36.0 Å². The van der Waals surface area contributed by atoms with E-state index in [4.69, 9.17) is 9.90 Å². The van der Waals surface area contributed by atoms with Crippen molar-refractivity contribution >= 4 is 32.6 Å². The highest BCUT2D eigenvalue weighted by Gasteiger charge is 2.53. The molecule has 3 heterocycles. The maximum Gasteiger partial charge on any atom is 0.300 e. The molecule has 0 bridgehead atoms. The van der Waals surface area contributed by atoms with Crippen LogP contribution in [0.3, 0.4) is 0 Å². The van der Waals surface area contributed by atoms with Crippen LogP contribution < -0.4 is 0 Å². The number of hydrogen-bond acceptors (Lipinski definition) is 5. The molecule has 0 spiro atoms. The Morgan fingerprint density at radius 2 is 1.89 bits per heavy atom. The predicted octanol–water partition coefficient (Wildman–Crippen LogP) is 1.06. The van der Waals surface area contributed by atoms with Gasteiger partial charge in [0.2, 0.25) is 0 Å². The molecule has 0 unspecified atom stereocenters. The number of fused-ring (bicyclic) bond motifs is 2. The van der Waals surface area contributed by atoms with E-state index in [0.717, 1.165) is 17.8 Å². The second kappa shape index (κ2) is 7.56. The molecule has 9 heteroatoms. The van der Waals surface area contributed by atoms with E-state index in [1.165, 1.54) is 0 Å². The van der Waals surface area contributed by atoms with Gasteiger partial charge in [0.05, 0.1) is 11.0 Å². The van der Waals surface area contributed by atoms with Gasteiger partial charge in [-0.2, -0.15) is 0 Å². The van der Waals surface area contributed by atoms with Gasteiger partial charge in [0.15, 0.2) is 9.84 Å². The molecule has 2 aliphatic rings. The van der Waals surface area contributed by atoms with Gasteiger partial charge < -0.3 is 19.9 Å². The molecule has 2 aromatic rings. The Balaban J connectivity index is 0.000000516. The first-order chi connectivity index (χ1) is 13.1. The number of amides is 1. The number of H-pyrrole nitrogens is 1. The summed E-state index contributed by atoms with van der Waals surface area (Å²) in [5.41, 5.74) is 1.60. The highest BCUT2D eigenvalue weighted by molar-refractivity contribution is 7.92. The average molecular weight is 407 g/mol. The summed E-state index contributed by atoms with van der Waals surface area (Å²) in [6, 6.07) is 7.47. The third-order valence-electron chi connectivity index (χ3n) is 5.42. The Morgan fingerprint density at radius 3 is 2.54 bits per heavy atom. The van der Waals surface area contributed by atoms with Gasteiger partial charge in [-0.3, -0.25) is 9.59 Å². The van der Waals surface area contributed by atoms with Crippen LogP contribution in [-0.2, 0) is 14.6 Å². The Morgan fingerprint density at radius 1 is 1.21 bits per heavy atom. The standard InChI is InChI=1S/C17H21N3O3S.C2H4O2/c1-19(2)15-10-24(22,23)16-9-20(8-13(15)16)17(21)12-3-4-14-11(7-12)5-6-18-14;1-2(3)4/h3-7,13,15-16,18H,8-10H2,1-2H3;1H3,(H,3,4)/t13-,15+,16-;/m0./s1. The summed E-state index contributed by atoms with van der Waals surface area (Å²) in [4.78, 5) is 28.6. The molecule has 8 nitrogen and oxygen atoms in total. The van der Waals surface area contributed by atoms with Crippen LogP contribution in [-0.4, -0.2) is 84.4 Å². The molecule has 1 aromatic carbocycles. The minimum atomic E-state index is -3.13. The fraction of sp³-hybridized carbons (Fsp3) is 0.474. The number of carbonyl (C=O) groups is 2. The highest BCUT2D eigenvalue weighted by atomic mass is 32.2. The zero-order valence-corrected chi connectivity index (χ0v) is 16.9. The minimum absolute atomic E-state index is 0.00457. The molecule has 4 rings (SSSR count). The van der Waals surface area contributed by atoms with Gasteiger partial charge in [0.1, 0.15) is 0 Å². The largest absolute Gasteiger partial charge is 0.481 e. The van der Waals surface area contributed by atoms with E-state index in [1.807, 2.05) is 43.4 Å². The summed E-state index contributed by atoms with van der Waals surface area (Å²) in [6.07, 6.45) is 1.84. The van der Waals surface area contributed by atoms with Crippen molar-refractivity contribution in [2.75, 3.05) is 32.9 Å². The van der Waals surface area contributed by atoms with Gasteiger partial charge in [-0.05, 0) is 38.4 Å². The van der Waals surface area contributed by atoms with E-state index in [-0.39, 0.29) is 23.6 Å². The first-order valence-electron chi connectivity index (χ1n) is 9.04. The number of carbonyl (C=O) groups excluding carboxylic acids is 1. The number of hydrogen-bond donors (Lipinski definition) is 2. The van der Waals surface area contributed by atoms with Crippen LogP contribution in [0.15, 0.2) is 30.5 Å². The van der Waals surface area contributed by atoms with Crippen molar-refractivity contribution in [1.82, 2.24) is 14.8 Å². The lowest BCUT2D eigenvalue weighted by molar-refractivity contribution is -0.134. The molecular formula is C19H25N3O5S. The van der Waals surface area contributed by atoms with Crippen molar-refractivity contribution in [2.24, 2.45) is 5.92 Å². The number of aromatic nitrogens is 1. The number of carboxylic acid groups (broad SMARTS) is 1. The summed E-state index contributed by atoms with van der Waals surface area (Å²) in [7, 11) is 0.686. The number of nitrogens with zero attached hydrogens (tertiary/aromatic N) is 2.